The Hall–Kier alpha value is -0.990. The molecule has 0 amide bonds. The van der Waals surface area contributed by atoms with Gasteiger partial charge in [-0.05, 0) is 20.3 Å². The monoisotopic (exact) mass is 168 g/mol. The van der Waals surface area contributed by atoms with Gasteiger partial charge in [0.2, 0.25) is 0 Å². The molecule has 0 heterocycles. The van der Waals surface area contributed by atoms with E-state index in [0.29, 0.717) is 12.1 Å². The van der Waals surface area contributed by atoms with Gasteiger partial charge in [0.25, 0.3) is 0 Å². The Morgan fingerprint density at radius 3 is 2.08 bits per heavy atom. The second-order valence-corrected chi connectivity index (χ2v) is 3.01. The van der Waals surface area contributed by atoms with Gasteiger partial charge in [0, 0.05) is 5.71 Å². The van der Waals surface area contributed by atoms with Crippen LogP contribution in [0.15, 0.2) is 0 Å². The van der Waals surface area contributed by atoms with Crippen LogP contribution in [0, 0.1) is 16.7 Å². The van der Waals surface area contributed by atoms with Crippen molar-refractivity contribution >= 4 is 17.2 Å². The number of carbonyl (C=O) groups excluding carboxylic acids is 1. The second kappa shape index (κ2) is 4.80. The molecule has 12 heavy (non-hydrogen) atoms. The van der Waals surface area contributed by atoms with E-state index in [1.165, 1.54) is 6.92 Å². The van der Waals surface area contributed by atoms with Crippen LogP contribution in [0.25, 0.3) is 0 Å². The zero-order chi connectivity index (χ0) is 9.72. The summed E-state index contributed by atoms with van der Waals surface area (Å²) in [6.45, 7) is 5.08. The molecule has 68 valence electrons. The molecule has 1 unspecified atom stereocenters. The van der Waals surface area contributed by atoms with Gasteiger partial charge < -0.3 is 10.8 Å². The van der Waals surface area contributed by atoms with E-state index < -0.39 is 0 Å². The van der Waals surface area contributed by atoms with Crippen LogP contribution in [0.4, 0.5) is 0 Å². The number of carbonyl (C=O) groups is 1. The number of ketones is 1. The molecule has 0 radical (unpaired) electrons. The van der Waals surface area contributed by atoms with Crippen molar-refractivity contribution in [1.29, 1.82) is 10.8 Å². The number of hydrogen-bond acceptors (Lipinski definition) is 3. The molecule has 0 fully saturated rings. The Morgan fingerprint density at radius 2 is 1.83 bits per heavy atom. The van der Waals surface area contributed by atoms with Crippen molar-refractivity contribution in [2.75, 3.05) is 0 Å². The van der Waals surface area contributed by atoms with Crippen molar-refractivity contribution in [2.45, 2.75) is 33.6 Å². The lowest BCUT2D eigenvalue weighted by atomic mass is 9.92. The third-order valence-corrected chi connectivity index (χ3v) is 1.79. The van der Waals surface area contributed by atoms with E-state index in [2.05, 4.69) is 0 Å². The van der Waals surface area contributed by atoms with Crippen molar-refractivity contribution in [1.82, 2.24) is 0 Å². The molecule has 0 saturated carbocycles. The van der Waals surface area contributed by atoms with Crippen LogP contribution in [-0.4, -0.2) is 17.2 Å². The minimum atomic E-state index is -0.354. The fourth-order valence-electron chi connectivity index (χ4n) is 1.09. The predicted octanol–water partition coefficient (Wildman–Crippen LogP) is 2.05. The van der Waals surface area contributed by atoms with E-state index in [-0.39, 0.29) is 17.4 Å². The first-order chi connectivity index (χ1) is 5.50. The summed E-state index contributed by atoms with van der Waals surface area (Å²) < 4.78 is 0. The third kappa shape index (κ3) is 2.95. The van der Waals surface area contributed by atoms with Crippen LogP contribution >= 0.6 is 0 Å². The molecule has 0 aromatic heterocycles. The highest BCUT2D eigenvalue weighted by atomic mass is 16.1. The Labute approximate surface area is 73.2 Å². The number of Topliss-reactive ketones (excluding diaryl/α,β-unsaturated/α-hetero) is 1. The molecule has 0 rings (SSSR count). The summed E-state index contributed by atoms with van der Waals surface area (Å²) in [5.74, 6) is -0.558. The first kappa shape index (κ1) is 11.0. The molecule has 3 heteroatoms. The molecule has 0 saturated heterocycles. The summed E-state index contributed by atoms with van der Waals surface area (Å²) in [5, 5.41) is 14.5. The summed E-state index contributed by atoms with van der Waals surface area (Å²) in [6.07, 6.45) is 1.56. The van der Waals surface area contributed by atoms with E-state index in [4.69, 9.17) is 10.8 Å². The molecule has 0 aliphatic heterocycles. The maximum atomic E-state index is 11.3. The highest BCUT2D eigenvalue weighted by Gasteiger charge is 2.20. The van der Waals surface area contributed by atoms with Crippen LogP contribution < -0.4 is 0 Å². The van der Waals surface area contributed by atoms with E-state index in [1.54, 1.807) is 6.92 Å². The smallest absolute Gasteiger partial charge is 0.184 e. The maximum absolute atomic E-state index is 11.3. The summed E-state index contributed by atoms with van der Waals surface area (Å²) >= 11 is 0. The van der Waals surface area contributed by atoms with Crippen LogP contribution in [-0.2, 0) is 4.79 Å². The topological polar surface area (TPSA) is 64.8 Å². The Bertz CT molecular complexity index is 209. The lowest BCUT2D eigenvalue weighted by molar-refractivity contribution is -0.115. The SMILES string of the molecule is CCCC(C(C)=N)C(=O)C(C)=N. The largest absolute Gasteiger partial charge is 0.309 e. The van der Waals surface area contributed by atoms with Crippen molar-refractivity contribution in [3.63, 3.8) is 0 Å². The molecule has 0 aromatic carbocycles. The fraction of sp³-hybridized carbons (Fsp3) is 0.667. The average Bonchev–Trinajstić information content (AvgIpc) is 1.98. The summed E-state index contributed by atoms with van der Waals surface area (Å²) in [7, 11) is 0. The van der Waals surface area contributed by atoms with Crippen LogP contribution in [0.3, 0.4) is 0 Å². The quantitative estimate of drug-likeness (QED) is 0.606. The maximum Gasteiger partial charge on any atom is 0.184 e. The highest BCUT2D eigenvalue weighted by Crippen LogP contribution is 2.09. The van der Waals surface area contributed by atoms with Gasteiger partial charge in [-0.25, -0.2) is 0 Å². The summed E-state index contributed by atoms with van der Waals surface area (Å²) in [6, 6.07) is 0. The van der Waals surface area contributed by atoms with Crippen molar-refractivity contribution in [2.24, 2.45) is 5.92 Å². The normalized spacial score (nSPS) is 12.2. The van der Waals surface area contributed by atoms with Gasteiger partial charge in [0.1, 0.15) is 0 Å². The number of hydrogen-bond donors (Lipinski definition) is 2. The second-order valence-electron chi connectivity index (χ2n) is 3.01. The third-order valence-electron chi connectivity index (χ3n) is 1.79. The Balaban J connectivity index is 4.40. The number of nitrogens with one attached hydrogen (secondary N) is 2. The van der Waals surface area contributed by atoms with Gasteiger partial charge in [0.05, 0.1) is 11.6 Å². The molecule has 3 nitrogen and oxygen atoms in total. The van der Waals surface area contributed by atoms with Gasteiger partial charge in [0.15, 0.2) is 5.78 Å². The zero-order valence-corrected chi connectivity index (χ0v) is 7.90. The van der Waals surface area contributed by atoms with Crippen molar-refractivity contribution in [3.05, 3.63) is 0 Å². The Morgan fingerprint density at radius 1 is 1.33 bits per heavy atom. The van der Waals surface area contributed by atoms with Gasteiger partial charge in [-0.15, -0.1) is 0 Å². The van der Waals surface area contributed by atoms with Crippen molar-refractivity contribution in [3.8, 4) is 0 Å². The zero-order valence-electron chi connectivity index (χ0n) is 7.90. The molecule has 0 aromatic rings. The lowest BCUT2D eigenvalue weighted by Crippen LogP contribution is -2.26. The molecule has 0 bridgehead atoms. The molecule has 1 atom stereocenters. The molecule has 2 N–H and O–H groups in total. The van der Waals surface area contributed by atoms with Gasteiger partial charge in [-0.1, -0.05) is 13.3 Å². The molecule has 0 aliphatic carbocycles. The summed E-state index contributed by atoms with van der Waals surface area (Å²) in [5.41, 5.74) is 0.425. The highest BCUT2D eigenvalue weighted by molar-refractivity contribution is 6.41. The van der Waals surface area contributed by atoms with Crippen LogP contribution in [0.5, 0.6) is 0 Å². The van der Waals surface area contributed by atoms with E-state index >= 15 is 0 Å². The fourth-order valence-corrected chi connectivity index (χ4v) is 1.09. The molecule has 0 aliphatic rings. The van der Waals surface area contributed by atoms with Gasteiger partial charge in [-0.3, -0.25) is 4.79 Å². The standard InChI is InChI=1S/C9H16N2O/c1-4-5-8(6(2)10)9(12)7(3)11/h8,10-11H,4-5H2,1-3H3. The first-order valence-electron chi connectivity index (χ1n) is 4.15. The molecule has 0 spiro atoms. The van der Waals surface area contributed by atoms with Gasteiger partial charge in [-0.2, -0.15) is 0 Å². The molecular formula is C9H16N2O. The van der Waals surface area contributed by atoms with Crippen LogP contribution in [0.2, 0.25) is 0 Å². The first-order valence-corrected chi connectivity index (χ1v) is 4.15. The van der Waals surface area contributed by atoms with Crippen LogP contribution in [0.1, 0.15) is 33.6 Å². The Kier molecular flexibility index (Phi) is 4.40. The number of rotatable bonds is 5. The minimum Gasteiger partial charge on any atom is -0.309 e. The van der Waals surface area contributed by atoms with E-state index in [9.17, 15) is 4.79 Å². The minimum absolute atomic E-state index is 0.0556. The van der Waals surface area contributed by atoms with Crippen molar-refractivity contribution < 1.29 is 4.79 Å². The van der Waals surface area contributed by atoms with E-state index in [1.807, 2.05) is 6.92 Å². The predicted molar refractivity (Wildman–Crippen MR) is 50.2 cm³/mol. The van der Waals surface area contributed by atoms with E-state index in [0.717, 1.165) is 6.42 Å². The molecular weight excluding hydrogens is 152 g/mol. The summed E-state index contributed by atoms with van der Waals surface area (Å²) in [4.78, 5) is 11.3. The lowest BCUT2D eigenvalue weighted by Gasteiger charge is -2.11. The van der Waals surface area contributed by atoms with Gasteiger partial charge >= 0.3 is 0 Å². The average molecular weight is 168 g/mol.